The molecule has 2 aliphatic rings. The fourth-order valence-electron chi connectivity index (χ4n) is 4.43. The quantitative estimate of drug-likeness (QED) is 0.619. The van der Waals surface area contributed by atoms with E-state index in [1.165, 1.54) is 17.4 Å². The standard InChI is InChI=1S/C25H21FN2O2S/c1-25(2)13-18-21(19(29)14-25)22(15-8-4-3-5-9-15)28-23(30)20(31-24(28)27-18)12-16-10-6-7-11-17(16)26/h3-12,22H,13-14H2,1-2H3. The molecule has 0 amide bonds. The molecule has 0 N–H and O–H groups in total. The van der Waals surface area contributed by atoms with Crippen LogP contribution in [0.25, 0.3) is 6.08 Å². The van der Waals surface area contributed by atoms with Gasteiger partial charge in [0.2, 0.25) is 0 Å². The number of hydrogen-bond donors (Lipinski definition) is 0. The third kappa shape index (κ3) is 3.41. The van der Waals surface area contributed by atoms with E-state index < -0.39 is 6.04 Å². The third-order valence-electron chi connectivity index (χ3n) is 5.80. The van der Waals surface area contributed by atoms with Crippen LogP contribution in [0.1, 0.15) is 43.9 Å². The van der Waals surface area contributed by atoms with Gasteiger partial charge in [-0.2, -0.15) is 0 Å². The number of nitrogens with zero attached hydrogens (tertiary/aromatic N) is 2. The monoisotopic (exact) mass is 432 g/mol. The summed E-state index contributed by atoms with van der Waals surface area (Å²) < 4.78 is 16.2. The Morgan fingerprint density at radius 1 is 1.06 bits per heavy atom. The van der Waals surface area contributed by atoms with Crippen molar-refractivity contribution >= 4 is 23.2 Å². The number of hydrogen-bond acceptors (Lipinski definition) is 4. The molecule has 0 radical (unpaired) electrons. The van der Waals surface area contributed by atoms with Gasteiger partial charge in [-0.3, -0.25) is 14.2 Å². The topological polar surface area (TPSA) is 51.4 Å². The Morgan fingerprint density at radius 2 is 1.77 bits per heavy atom. The highest BCUT2D eigenvalue weighted by molar-refractivity contribution is 7.07. The van der Waals surface area contributed by atoms with Crippen molar-refractivity contribution < 1.29 is 9.18 Å². The van der Waals surface area contributed by atoms with Gasteiger partial charge in [-0.05, 0) is 29.5 Å². The highest BCUT2D eigenvalue weighted by atomic mass is 32.1. The van der Waals surface area contributed by atoms with Crippen molar-refractivity contribution in [3.8, 4) is 0 Å². The molecule has 6 heteroatoms. The molecule has 0 saturated carbocycles. The van der Waals surface area contributed by atoms with Crippen molar-refractivity contribution in [2.24, 2.45) is 10.4 Å². The first-order chi connectivity index (χ1) is 14.8. The van der Waals surface area contributed by atoms with Crippen LogP contribution < -0.4 is 14.9 Å². The summed E-state index contributed by atoms with van der Waals surface area (Å²) in [6.45, 7) is 4.13. The van der Waals surface area contributed by atoms with E-state index in [9.17, 15) is 14.0 Å². The van der Waals surface area contributed by atoms with E-state index in [0.717, 1.165) is 11.3 Å². The van der Waals surface area contributed by atoms with Gasteiger partial charge >= 0.3 is 0 Å². The van der Waals surface area contributed by atoms with Gasteiger partial charge in [0.25, 0.3) is 5.56 Å². The number of halogens is 1. The van der Waals surface area contributed by atoms with Crippen LogP contribution in [0.15, 0.2) is 75.7 Å². The Bertz CT molecular complexity index is 1410. The summed E-state index contributed by atoms with van der Waals surface area (Å²) in [6.07, 6.45) is 2.67. The number of carbonyl (C=O) groups is 1. The van der Waals surface area contributed by atoms with Crippen LogP contribution in [-0.2, 0) is 4.79 Å². The van der Waals surface area contributed by atoms with Crippen LogP contribution in [0, 0.1) is 11.2 Å². The van der Waals surface area contributed by atoms with Gasteiger partial charge in [-0.25, -0.2) is 9.38 Å². The number of allylic oxidation sites excluding steroid dienone is 2. The maximum Gasteiger partial charge on any atom is 0.271 e. The summed E-state index contributed by atoms with van der Waals surface area (Å²) in [5, 5.41) is 0. The fourth-order valence-corrected chi connectivity index (χ4v) is 5.44. The normalized spacial score (nSPS) is 20.3. The van der Waals surface area contributed by atoms with Gasteiger partial charge in [0.1, 0.15) is 5.82 Å². The van der Waals surface area contributed by atoms with Gasteiger partial charge < -0.3 is 0 Å². The molecule has 0 saturated heterocycles. The molecule has 31 heavy (non-hydrogen) atoms. The number of aromatic nitrogens is 1. The lowest BCUT2D eigenvalue weighted by Crippen LogP contribution is -2.42. The van der Waals surface area contributed by atoms with Crippen molar-refractivity contribution in [2.45, 2.75) is 32.7 Å². The molecular weight excluding hydrogens is 411 g/mol. The largest absolute Gasteiger partial charge is 0.294 e. The van der Waals surface area contributed by atoms with Crippen LogP contribution in [-0.4, -0.2) is 10.4 Å². The number of thiazole rings is 1. The number of rotatable bonds is 2. The molecule has 156 valence electrons. The van der Waals surface area contributed by atoms with Crippen LogP contribution >= 0.6 is 11.3 Å². The summed E-state index contributed by atoms with van der Waals surface area (Å²) >= 11 is 1.24. The van der Waals surface area contributed by atoms with Crippen LogP contribution in [0.3, 0.4) is 0 Å². The van der Waals surface area contributed by atoms with Gasteiger partial charge in [0, 0.05) is 17.6 Å². The second kappa shape index (κ2) is 7.24. The summed E-state index contributed by atoms with van der Waals surface area (Å²) in [6, 6.07) is 15.4. The number of fused-ring (bicyclic) bond motifs is 1. The first kappa shape index (κ1) is 19.8. The lowest BCUT2D eigenvalue weighted by Gasteiger charge is -2.35. The Balaban J connectivity index is 1.79. The minimum absolute atomic E-state index is 0.0345. The lowest BCUT2D eigenvalue weighted by molar-refractivity contribution is -0.118. The van der Waals surface area contributed by atoms with Crippen LogP contribution in [0.5, 0.6) is 0 Å². The van der Waals surface area contributed by atoms with Crippen LogP contribution in [0.2, 0.25) is 0 Å². The molecule has 2 heterocycles. The molecule has 1 aliphatic heterocycles. The molecule has 3 aromatic rings. The van der Waals surface area contributed by atoms with Crippen molar-refractivity contribution in [3.63, 3.8) is 0 Å². The van der Waals surface area contributed by atoms with E-state index in [-0.39, 0.29) is 22.6 Å². The SMILES string of the molecule is CC1(C)CC(=O)C2=C(C1)N=c1sc(=Cc3ccccc3F)c(=O)n1C2c1ccccc1. The fraction of sp³-hybridized carbons (Fsp3) is 0.240. The second-order valence-corrected chi connectivity index (χ2v) is 9.83. The van der Waals surface area contributed by atoms with E-state index in [1.807, 2.05) is 30.3 Å². The average molecular weight is 433 g/mol. The smallest absolute Gasteiger partial charge is 0.271 e. The van der Waals surface area contributed by atoms with Crippen molar-refractivity contribution in [2.75, 3.05) is 0 Å². The summed E-state index contributed by atoms with van der Waals surface area (Å²) in [5.41, 5.74) is 2.15. The molecule has 2 aromatic carbocycles. The molecule has 1 aromatic heterocycles. The molecule has 0 bridgehead atoms. The Kier molecular flexibility index (Phi) is 4.63. The van der Waals surface area contributed by atoms with E-state index in [4.69, 9.17) is 4.99 Å². The molecular formula is C25H21FN2O2S. The summed E-state index contributed by atoms with van der Waals surface area (Å²) in [5.74, 6) is -0.351. The molecule has 4 nitrogen and oxygen atoms in total. The van der Waals surface area contributed by atoms with E-state index in [2.05, 4.69) is 13.8 Å². The first-order valence-electron chi connectivity index (χ1n) is 10.2. The summed E-state index contributed by atoms with van der Waals surface area (Å²) in [4.78, 5) is 32.0. The minimum atomic E-state index is -0.515. The van der Waals surface area contributed by atoms with E-state index in [0.29, 0.717) is 33.3 Å². The molecule has 1 atom stereocenters. The molecule has 0 fully saturated rings. The third-order valence-corrected chi connectivity index (χ3v) is 6.79. The summed E-state index contributed by atoms with van der Waals surface area (Å²) in [7, 11) is 0. The average Bonchev–Trinajstić information content (AvgIpc) is 3.03. The Labute approximate surface area is 182 Å². The van der Waals surface area contributed by atoms with Gasteiger partial charge in [0.15, 0.2) is 10.6 Å². The van der Waals surface area contributed by atoms with Crippen molar-refractivity contribution in [1.82, 2.24) is 4.57 Å². The predicted molar refractivity (Wildman–Crippen MR) is 119 cm³/mol. The zero-order valence-corrected chi connectivity index (χ0v) is 18.1. The zero-order valence-electron chi connectivity index (χ0n) is 17.3. The van der Waals surface area contributed by atoms with E-state index in [1.54, 1.807) is 28.8 Å². The van der Waals surface area contributed by atoms with Gasteiger partial charge in [-0.1, -0.05) is 73.7 Å². The Hall–Kier alpha value is -3.12. The first-order valence-corrected chi connectivity index (χ1v) is 11.0. The number of ketones is 1. The van der Waals surface area contributed by atoms with Crippen LogP contribution in [0.4, 0.5) is 4.39 Å². The number of Topliss-reactive ketones (excluding diaryl/α,β-unsaturated/α-hetero) is 1. The molecule has 5 rings (SSSR count). The highest BCUT2D eigenvalue weighted by Crippen LogP contribution is 2.43. The van der Waals surface area contributed by atoms with E-state index >= 15 is 0 Å². The molecule has 1 unspecified atom stereocenters. The van der Waals surface area contributed by atoms with Gasteiger partial charge in [-0.15, -0.1) is 0 Å². The highest BCUT2D eigenvalue weighted by Gasteiger charge is 2.40. The Morgan fingerprint density at radius 3 is 2.52 bits per heavy atom. The molecule has 0 spiro atoms. The predicted octanol–water partition coefficient (Wildman–Crippen LogP) is 3.74. The van der Waals surface area contributed by atoms with Gasteiger partial charge in [0.05, 0.1) is 16.3 Å². The van der Waals surface area contributed by atoms with Crippen molar-refractivity contribution in [3.05, 3.63) is 102 Å². The zero-order chi connectivity index (χ0) is 21.8. The maximum absolute atomic E-state index is 14.2. The maximum atomic E-state index is 14.2. The lowest BCUT2D eigenvalue weighted by atomic mass is 9.73. The molecule has 1 aliphatic carbocycles. The second-order valence-electron chi connectivity index (χ2n) is 8.82. The minimum Gasteiger partial charge on any atom is -0.294 e. The number of carbonyl (C=O) groups excluding carboxylic acids is 1. The number of benzene rings is 2. The van der Waals surface area contributed by atoms with Crippen molar-refractivity contribution in [1.29, 1.82) is 0 Å².